The first-order valence-corrected chi connectivity index (χ1v) is 12.6. The van der Waals surface area contributed by atoms with E-state index in [1.165, 1.54) is 0 Å². The van der Waals surface area contributed by atoms with Crippen molar-refractivity contribution in [2.75, 3.05) is 66.5 Å². The third kappa shape index (κ3) is 3.70. The number of amides is 2. The van der Waals surface area contributed by atoms with Crippen LogP contribution in [0.3, 0.4) is 0 Å². The van der Waals surface area contributed by atoms with Gasteiger partial charge in [-0.3, -0.25) is 14.4 Å². The van der Waals surface area contributed by atoms with Gasteiger partial charge in [-0.05, 0) is 48.8 Å². The number of benzene rings is 3. The Labute approximate surface area is 210 Å². The van der Waals surface area contributed by atoms with Crippen LogP contribution in [0, 0.1) is 0 Å². The first kappa shape index (κ1) is 22.9. The zero-order chi connectivity index (χ0) is 25.0. The van der Waals surface area contributed by atoms with Crippen LogP contribution in [0.1, 0.15) is 36.6 Å². The fourth-order valence-corrected chi connectivity index (χ4v) is 5.62. The Morgan fingerprint density at radius 3 is 1.92 bits per heavy atom. The lowest BCUT2D eigenvalue weighted by Gasteiger charge is -2.33. The molecule has 7 heteroatoms. The van der Waals surface area contributed by atoms with E-state index in [0.29, 0.717) is 48.4 Å². The molecule has 0 atom stereocenters. The van der Waals surface area contributed by atoms with Gasteiger partial charge in [0.05, 0.1) is 0 Å². The maximum atomic E-state index is 13.7. The van der Waals surface area contributed by atoms with Crippen molar-refractivity contribution in [2.45, 2.75) is 0 Å². The highest BCUT2D eigenvalue weighted by Gasteiger charge is 2.30. The van der Waals surface area contributed by atoms with Gasteiger partial charge in [0.2, 0.25) is 0 Å². The number of likely N-dealkylation sites (N-methyl/N-ethyl adjacent to an activating group) is 2. The highest BCUT2D eigenvalue weighted by molar-refractivity contribution is 6.28. The Morgan fingerprint density at radius 1 is 0.639 bits per heavy atom. The van der Waals surface area contributed by atoms with E-state index < -0.39 is 0 Å². The van der Waals surface area contributed by atoms with Gasteiger partial charge in [0.15, 0.2) is 5.78 Å². The first-order chi connectivity index (χ1) is 17.4. The number of fused-ring (bicyclic) bond motifs is 2. The van der Waals surface area contributed by atoms with Crippen molar-refractivity contribution in [3.63, 3.8) is 0 Å². The third-order valence-electron chi connectivity index (χ3n) is 7.90. The molecule has 3 aromatic carbocycles. The number of nitrogens with zero attached hydrogens (tertiary/aromatic N) is 4. The van der Waals surface area contributed by atoms with Crippen LogP contribution >= 0.6 is 0 Å². The number of rotatable bonds is 2. The Balaban J connectivity index is 1.39. The van der Waals surface area contributed by atoms with Crippen LogP contribution in [0.25, 0.3) is 21.9 Å². The Kier molecular flexibility index (Phi) is 5.62. The van der Waals surface area contributed by atoms with Gasteiger partial charge in [-0.25, -0.2) is 0 Å². The molecule has 0 bridgehead atoms. The standard InChI is InChI=1S/C29H30N4O3/c1-30-10-14-32(15-11-30)28(35)19-6-7-20-22-8-9-23(29(36)33-16-12-31(2)13-17-33)21-4-3-5-24(26(21)22)27(34)25(20)18-19/h3-9,18H,10-17H2,1-2H3. The molecule has 0 saturated carbocycles. The molecule has 2 aliphatic heterocycles. The average Bonchev–Trinajstić information content (AvgIpc) is 2.91. The summed E-state index contributed by atoms with van der Waals surface area (Å²) >= 11 is 0. The molecule has 184 valence electrons. The molecule has 2 heterocycles. The van der Waals surface area contributed by atoms with Crippen molar-refractivity contribution in [3.05, 3.63) is 70.8 Å². The molecule has 7 nitrogen and oxygen atoms in total. The molecule has 36 heavy (non-hydrogen) atoms. The Bertz CT molecular complexity index is 1400. The van der Waals surface area contributed by atoms with Crippen molar-refractivity contribution in [1.82, 2.24) is 19.6 Å². The van der Waals surface area contributed by atoms with Crippen LogP contribution in [0.5, 0.6) is 0 Å². The molecule has 3 aliphatic rings. The predicted octanol–water partition coefficient (Wildman–Crippen LogP) is 2.83. The smallest absolute Gasteiger partial charge is 0.254 e. The van der Waals surface area contributed by atoms with Gasteiger partial charge in [-0.15, -0.1) is 0 Å². The van der Waals surface area contributed by atoms with E-state index in [4.69, 9.17) is 0 Å². The summed E-state index contributed by atoms with van der Waals surface area (Å²) in [4.78, 5) is 48.5. The monoisotopic (exact) mass is 482 g/mol. The van der Waals surface area contributed by atoms with Crippen LogP contribution in [0.2, 0.25) is 0 Å². The van der Waals surface area contributed by atoms with E-state index in [2.05, 4.69) is 23.9 Å². The summed E-state index contributed by atoms with van der Waals surface area (Å²) in [5, 5.41) is 1.64. The van der Waals surface area contributed by atoms with Gasteiger partial charge in [0.1, 0.15) is 0 Å². The largest absolute Gasteiger partial charge is 0.336 e. The number of hydrogen-bond acceptors (Lipinski definition) is 5. The van der Waals surface area contributed by atoms with Gasteiger partial charge < -0.3 is 19.6 Å². The molecule has 0 aromatic heterocycles. The molecule has 0 unspecified atom stereocenters. The normalized spacial score (nSPS) is 18.4. The molecule has 6 rings (SSSR count). The van der Waals surface area contributed by atoms with Gasteiger partial charge in [-0.1, -0.05) is 30.3 Å². The molecule has 1 aliphatic carbocycles. The van der Waals surface area contributed by atoms with E-state index >= 15 is 0 Å². The fourth-order valence-electron chi connectivity index (χ4n) is 5.62. The summed E-state index contributed by atoms with van der Waals surface area (Å²) in [7, 11) is 4.12. The second-order valence-electron chi connectivity index (χ2n) is 10.2. The van der Waals surface area contributed by atoms with Crippen molar-refractivity contribution in [2.24, 2.45) is 0 Å². The molecule has 0 N–H and O–H groups in total. The summed E-state index contributed by atoms with van der Waals surface area (Å²) < 4.78 is 0. The highest BCUT2D eigenvalue weighted by atomic mass is 16.2. The first-order valence-electron chi connectivity index (χ1n) is 12.6. The second-order valence-corrected chi connectivity index (χ2v) is 10.2. The van der Waals surface area contributed by atoms with Gasteiger partial charge >= 0.3 is 0 Å². The van der Waals surface area contributed by atoms with Crippen molar-refractivity contribution in [1.29, 1.82) is 0 Å². The summed E-state index contributed by atoms with van der Waals surface area (Å²) in [5.74, 6) is -0.116. The van der Waals surface area contributed by atoms with Gasteiger partial charge in [-0.2, -0.15) is 0 Å². The third-order valence-corrected chi connectivity index (χ3v) is 7.90. The lowest BCUT2D eigenvalue weighted by atomic mass is 9.81. The predicted molar refractivity (Wildman–Crippen MR) is 140 cm³/mol. The van der Waals surface area contributed by atoms with E-state index in [0.717, 1.165) is 48.1 Å². The van der Waals surface area contributed by atoms with Crippen molar-refractivity contribution in [3.8, 4) is 11.1 Å². The van der Waals surface area contributed by atoms with Gasteiger partial charge in [0.25, 0.3) is 11.8 Å². The molecule has 2 saturated heterocycles. The number of carbonyl (C=O) groups is 3. The molecular weight excluding hydrogens is 452 g/mol. The zero-order valence-electron chi connectivity index (χ0n) is 20.8. The Morgan fingerprint density at radius 2 is 1.25 bits per heavy atom. The Hall–Kier alpha value is -3.55. The molecule has 2 fully saturated rings. The average molecular weight is 483 g/mol. The number of hydrogen-bond donors (Lipinski definition) is 0. The molecule has 0 radical (unpaired) electrons. The zero-order valence-corrected chi connectivity index (χ0v) is 20.8. The lowest BCUT2D eigenvalue weighted by Crippen LogP contribution is -2.47. The molecule has 3 aromatic rings. The number of carbonyl (C=O) groups excluding carboxylic acids is 3. The van der Waals surface area contributed by atoms with Crippen LogP contribution in [-0.2, 0) is 0 Å². The maximum Gasteiger partial charge on any atom is 0.254 e. The molecule has 0 spiro atoms. The highest BCUT2D eigenvalue weighted by Crippen LogP contribution is 2.41. The topological polar surface area (TPSA) is 64.2 Å². The van der Waals surface area contributed by atoms with Gasteiger partial charge in [0, 0.05) is 80.0 Å². The van der Waals surface area contributed by atoms with Crippen LogP contribution < -0.4 is 0 Å². The summed E-state index contributed by atoms with van der Waals surface area (Å²) in [6.07, 6.45) is 0. The minimum atomic E-state index is -0.0969. The van der Waals surface area contributed by atoms with Crippen LogP contribution in [0.4, 0.5) is 0 Å². The molecular formula is C29H30N4O3. The minimum absolute atomic E-state index is 0.0122. The summed E-state index contributed by atoms with van der Waals surface area (Å²) in [5.41, 5.74) is 4.07. The molecule has 2 amide bonds. The second kappa shape index (κ2) is 8.84. The number of piperazine rings is 2. The quantitative estimate of drug-likeness (QED) is 0.440. The van der Waals surface area contributed by atoms with Crippen LogP contribution in [-0.4, -0.2) is 104 Å². The number of ketones is 1. The van der Waals surface area contributed by atoms with E-state index in [1.54, 1.807) is 6.07 Å². The fraction of sp³-hybridized carbons (Fsp3) is 0.345. The lowest BCUT2D eigenvalue weighted by molar-refractivity contribution is 0.0658. The van der Waals surface area contributed by atoms with Crippen molar-refractivity contribution >= 4 is 28.4 Å². The van der Waals surface area contributed by atoms with Crippen LogP contribution in [0.15, 0.2) is 48.5 Å². The summed E-state index contributed by atoms with van der Waals surface area (Å²) in [6, 6.07) is 14.9. The van der Waals surface area contributed by atoms with E-state index in [1.807, 2.05) is 52.3 Å². The van der Waals surface area contributed by atoms with E-state index in [9.17, 15) is 14.4 Å². The summed E-state index contributed by atoms with van der Waals surface area (Å²) in [6.45, 7) is 6.18. The van der Waals surface area contributed by atoms with Crippen molar-refractivity contribution < 1.29 is 14.4 Å². The SMILES string of the molecule is CN1CCN(C(=O)c2ccc3c(c2)C(=O)c2cccc4c(C(=O)N5CCN(C)CC5)ccc-3c24)CC1. The van der Waals surface area contributed by atoms with E-state index in [-0.39, 0.29) is 17.6 Å². The minimum Gasteiger partial charge on any atom is -0.336 e. The maximum absolute atomic E-state index is 13.7.